The molecule has 0 spiro atoms. The third-order valence-electron chi connectivity index (χ3n) is 4.90. The maximum absolute atomic E-state index is 3.56. The highest BCUT2D eigenvalue weighted by molar-refractivity contribution is 5.62. The second kappa shape index (κ2) is 5.17. The third kappa shape index (κ3) is 2.44. The van der Waals surface area contributed by atoms with Crippen molar-refractivity contribution in [2.75, 3.05) is 11.4 Å². The molecule has 0 unspecified atom stereocenters. The van der Waals surface area contributed by atoms with Crippen LogP contribution in [-0.2, 0) is 6.42 Å². The molecule has 0 bridgehead atoms. The van der Waals surface area contributed by atoms with Crippen molar-refractivity contribution in [3.05, 3.63) is 29.3 Å². The van der Waals surface area contributed by atoms with E-state index < -0.39 is 0 Å². The van der Waals surface area contributed by atoms with Crippen LogP contribution in [0, 0.1) is 17.3 Å². The van der Waals surface area contributed by atoms with E-state index >= 15 is 0 Å². The summed E-state index contributed by atoms with van der Waals surface area (Å²) >= 11 is 0. The van der Waals surface area contributed by atoms with Crippen molar-refractivity contribution < 1.29 is 0 Å². The van der Waals surface area contributed by atoms with E-state index in [9.17, 15) is 0 Å². The Morgan fingerprint density at radius 1 is 1.30 bits per heavy atom. The molecule has 1 aliphatic carbocycles. The van der Waals surface area contributed by atoms with Crippen LogP contribution in [0.1, 0.15) is 57.6 Å². The molecular formula is C19H25N. The number of nitrogens with zero attached hydrogens (tertiary/aromatic N) is 1. The zero-order valence-corrected chi connectivity index (χ0v) is 13.0. The number of anilines is 1. The smallest absolute Gasteiger partial charge is 0.0413 e. The van der Waals surface area contributed by atoms with Gasteiger partial charge in [-0.25, -0.2) is 0 Å². The Balaban J connectivity index is 1.95. The van der Waals surface area contributed by atoms with Gasteiger partial charge in [0.15, 0.2) is 0 Å². The molecule has 0 amide bonds. The van der Waals surface area contributed by atoms with Gasteiger partial charge < -0.3 is 4.90 Å². The molecule has 1 nitrogen and oxygen atoms in total. The van der Waals surface area contributed by atoms with E-state index in [1.54, 1.807) is 0 Å². The minimum absolute atomic E-state index is 0.356. The molecule has 0 saturated heterocycles. The Kier molecular flexibility index (Phi) is 3.50. The van der Waals surface area contributed by atoms with E-state index in [-0.39, 0.29) is 0 Å². The maximum atomic E-state index is 3.56. The first-order valence-corrected chi connectivity index (χ1v) is 8.07. The summed E-state index contributed by atoms with van der Waals surface area (Å²) in [7, 11) is 0. The Hall–Kier alpha value is -1.42. The van der Waals surface area contributed by atoms with Crippen molar-refractivity contribution in [1.29, 1.82) is 0 Å². The van der Waals surface area contributed by atoms with Crippen LogP contribution in [0.25, 0.3) is 0 Å². The average Bonchev–Trinajstić information content (AvgIpc) is 3.25. The monoisotopic (exact) mass is 267 g/mol. The highest BCUT2D eigenvalue weighted by Crippen LogP contribution is 2.48. The lowest BCUT2D eigenvalue weighted by atomic mass is 9.94. The molecule has 0 atom stereocenters. The number of benzene rings is 1. The quantitative estimate of drug-likeness (QED) is 0.718. The second-order valence-electron chi connectivity index (χ2n) is 6.58. The van der Waals surface area contributed by atoms with Crippen LogP contribution in [0.4, 0.5) is 5.69 Å². The van der Waals surface area contributed by atoms with Gasteiger partial charge in [0, 0.05) is 29.3 Å². The van der Waals surface area contributed by atoms with Crippen LogP contribution in [-0.4, -0.2) is 12.6 Å². The largest absolute Gasteiger partial charge is 0.369 e. The zero-order valence-electron chi connectivity index (χ0n) is 13.0. The zero-order chi connectivity index (χ0) is 14.2. The molecule has 0 N–H and O–H groups in total. The minimum atomic E-state index is 0.356. The Labute approximate surface area is 123 Å². The number of hydrogen-bond acceptors (Lipinski definition) is 1. The highest BCUT2D eigenvalue weighted by Gasteiger charge is 2.38. The molecule has 106 valence electrons. The summed E-state index contributed by atoms with van der Waals surface area (Å²) in [5.41, 5.74) is 4.52. The van der Waals surface area contributed by atoms with Crippen LogP contribution in [0.3, 0.4) is 0 Å². The van der Waals surface area contributed by atoms with Gasteiger partial charge in [-0.3, -0.25) is 0 Å². The molecule has 0 aromatic heterocycles. The van der Waals surface area contributed by atoms with Gasteiger partial charge in [0.1, 0.15) is 0 Å². The first-order chi connectivity index (χ1) is 9.65. The van der Waals surface area contributed by atoms with Gasteiger partial charge in [0.2, 0.25) is 0 Å². The highest BCUT2D eigenvalue weighted by atomic mass is 15.2. The second-order valence-corrected chi connectivity index (χ2v) is 6.58. The molecule has 1 aromatic rings. The molecule has 1 heterocycles. The Morgan fingerprint density at radius 2 is 2.10 bits per heavy atom. The normalized spacial score (nSPS) is 19.3. The maximum Gasteiger partial charge on any atom is 0.0413 e. The molecule has 1 aromatic carbocycles. The molecule has 0 radical (unpaired) electrons. The van der Waals surface area contributed by atoms with Crippen LogP contribution in [0.2, 0.25) is 0 Å². The van der Waals surface area contributed by atoms with Crippen LogP contribution >= 0.6 is 0 Å². The summed E-state index contributed by atoms with van der Waals surface area (Å²) in [5, 5.41) is 0. The number of rotatable bonds is 2. The van der Waals surface area contributed by atoms with Gasteiger partial charge in [0.25, 0.3) is 0 Å². The number of fused-ring (bicyclic) bond motifs is 1. The van der Waals surface area contributed by atoms with Crippen molar-refractivity contribution >= 4 is 5.69 Å². The van der Waals surface area contributed by atoms with Crippen molar-refractivity contribution in [2.24, 2.45) is 5.41 Å². The van der Waals surface area contributed by atoms with Gasteiger partial charge >= 0.3 is 0 Å². The summed E-state index contributed by atoms with van der Waals surface area (Å²) in [4.78, 5) is 2.52. The fourth-order valence-corrected chi connectivity index (χ4v) is 3.22. The summed E-state index contributed by atoms with van der Waals surface area (Å²) in [6.07, 6.45) is 6.23. The van der Waals surface area contributed by atoms with E-state index in [2.05, 4.69) is 55.7 Å². The van der Waals surface area contributed by atoms with Gasteiger partial charge in [-0.2, -0.15) is 0 Å². The first kappa shape index (κ1) is 13.6. The van der Waals surface area contributed by atoms with Gasteiger partial charge in [0.05, 0.1) is 0 Å². The van der Waals surface area contributed by atoms with Crippen molar-refractivity contribution in [1.82, 2.24) is 0 Å². The van der Waals surface area contributed by atoms with E-state index in [1.165, 1.54) is 55.5 Å². The number of hydrogen-bond donors (Lipinski definition) is 0. The van der Waals surface area contributed by atoms with E-state index in [1.807, 2.05) is 0 Å². The van der Waals surface area contributed by atoms with Crippen LogP contribution in [0.5, 0.6) is 0 Å². The molecule has 3 rings (SSSR count). The van der Waals surface area contributed by atoms with Gasteiger partial charge in [-0.15, -0.1) is 0 Å². The summed E-state index contributed by atoms with van der Waals surface area (Å²) in [6.45, 7) is 8.01. The van der Waals surface area contributed by atoms with Gasteiger partial charge in [-0.1, -0.05) is 24.8 Å². The molecule has 1 fully saturated rings. The predicted molar refractivity (Wildman–Crippen MR) is 86.1 cm³/mol. The molecule has 1 heteroatoms. The summed E-state index contributed by atoms with van der Waals surface area (Å²) < 4.78 is 0. The molecule has 1 saturated carbocycles. The van der Waals surface area contributed by atoms with E-state index in [0.717, 1.165) is 0 Å². The fraction of sp³-hybridized carbons (Fsp3) is 0.579. The minimum Gasteiger partial charge on any atom is -0.369 e. The molecular weight excluding hydrogens is 242 g/mol. The van der Waals surface area contributed by atoms with E-state index in [0.29, 0.717) is 11.5 Å². The van der Waals surface area contributed by atoms with Gasteiger partial charge in [-0.05, 0) is 63.6 Å². The molecule has 20 heavy (non-hydrogen) atoms. The van der Waals surface area contributed by atoms with Crippen molar-refractivity contribution in [3.8, 4) is 11.8 Å². The Morgan fingerprint density at radius 3 is 2.75 bits per heavy atom. The SMILES string of the molecule is CCC1(C#Cc2cccc3c2CCCN3C(C)C)CC1. The van der Waals surface area contributed by atoms with E-state index in [4.69, 9.17) is 0 Å². The molecule has 2 aliphatic rings. The lowest BCUT2D eigenvalue weighted by Crippen LogP contribution is -2.35. The third-order valence-corrected chi connectivity index (χ3v) is 4.90. The van der Waals surface area contributed by atoms with Crippen molar-refractivity contribution in [2.45, 2.75) is 58.9 Å². The first-order valence-electron chi connectivity index (χ1n) is 8.07. The lowest BCUT2D eigenvalue weighted by molar-refractivity contribution is 0.625. The predicted octanol–water partition coefficient (Wildman–Crippen LogP) is 4.39. The fourth-order valence-electron chi connectivity index (χ4n) is 3.22. The average molecular weight is 267 g/mol. The topological polar surface area (TPSA) is 3.24 Å². The lowest BCUT2D eigenvalue weighted by Gasteiger charge is -2.35. The Bertz CT molecular complexity index is 555. The van der Waals surface area contributed by atoms with Crippen LogP contribution in [0.15, 0.2) is 18.2 Å². The summed E-state index contributed by atoms with van der Waals surface area (Å²) in [5.74, 6) is 7.07. The standard InChI is InChI=1S/C19H25N/c1-4-19(12-13-19)11-10-16-7-5-9-18-17(16)8-6-14-20(18)15(2)3/h5,7,9,15H,4,6,8,12-14H2,1-3H3. The summed E-state index contributed by atoms with van der Waals surface area (Å²) in [6, 6.07) is 7.23. The van der Waals surface area contributed by atoms with Crippen LogP contribution < -0.4 is 4.90 Å². The molecule has 1 aliphatic heterocycles. The van der Waals surface area contributed by atoms with Crippen molar-refractivity contribution in [3.63, 3.8) is 0 Å².